The van der Waals surface area contributed by atoms with Crippen molar-refractivity contribution < 1.29 is 5.11 Å². The summed E-state index contributed by atoms with van der Waals surface area (Å²) in [6, 6.07) is 0.0694. The van der Waals surface area contributed by atoms with Crippen LogP contribution in [0, 0.1) is 0 Å². The van der Waals surface area contributed by atoms with Crippen molar-refractivity contribution in [3.8, 4) is 0 Å². The van der Waals surface area contributed by atoms with Crippen LogP contribution in [0.5, 0.6) is 0 Å². The van der Waals surface area contributed by atoms with E-state index in [0.717, 1.165) is 19.3 Å². The molecule has 3 heteroatoms. The molecule has 3 N–H and O–H groups in total. The van der Waals surface area contributed by atoms with E-state index in [9.17, 15) is 0 Å². The quantitative estimate of drug-likeness (QED) is 0.570. The molecule has 0 aromatic rings. The van der Waals surface area contributed by atoms with Crippen LogP contribution in [0.1, 0.15) is 19.3 Å². The predicted molar refractivity (Wildman–Crippen MR) is 38.2 cm³/mol. The highest BCUT2D eigenvalue weighted by Gasteiger charge is 2.20. The Balaban J connectivity index is 0.000000490. The standard InChI is InChI=1S/C5H11NO.BrH/c6-4-2-1-3-5(4)7;/h4-5,7H,1-3,6H2;1H. The van der Waals surface area contributed by atoms with Gasteiger partial charge in [-0.2, -0.15) is 0 Å². The number of halogens is 1. The van der Waals surface area contributed by atoms with Crippen molar-refractivity contribution in [3.05, 3.63) is 0 Å². The van der Waals surface area contributed by atoms with Gasteiger partial charge in [-0.1, -0.05) is 0 Å². The van der Waals surface area contributed by atoms with Gasteiger partial charge in [-0.05, 0) is 19.3 Å². The summed E-state index contributed by atoms with van der Waals surface area (Å²) in [6.07, 6.45) is 2.80. The summed E-state index contributed by atoms with van der Waals surface area (Å²) in [6.45, 7) is 0. The van der Waals surface area contributed by atoms with Gasteiger partial charge in [0, 0.05) is 6.04 Å². The molecule has 2 atom stereocenters. The first-order valence-corrected chi connectivity index (χ1v) is 2.74. The molecule has 0 radical (unpaired) electrons. The molecule has 0 amide bonds. The van der Waals surface area contributed by atoms with E-state index in [2.05, 4.69) is 0 Å². The van der Waals surface area contributed by atoms with E-state index in [1.165, 1.54) is 0 Å². The van der Waals surface area contributed by atoms with Gasteiger partial charge in [0.1, 0.15) is 0 Å². The molecular weight excluding hydrogens is 170 g/mol. The summed E-state index contributed by atoms with van der Waals surface area (Å²) in [5.41, 5.74) is 5.43. The fourth-order valence-electron chi connectivity index (χ4n) is 0.969. The minimum atomic E-state index is -0.208. The average molecular weight is 182 g/mol. The van der Waals surface area contributed by atoms with E-state index in [4.69, 9.17) is 10.8 Å². The Morgan fingerprint density at radius 3 is 2.12 bits per heavy atom. The molecule has 1 aliphatic rings. The molecular formula is C5H12BrNO. The Hall–Kier alpha value is 0.400. The van der Waals surface area contributed by atoms with Crippen molar-refractivity contribution in [1.29, 1.82) is 0 Å². The molecule has 2 unspecified atom stereocenters. The van der Waals surface area contributed by atoms with Crippen molar-refractivity contribution in [2.24, 2.45) is 5.73 Å². The number of hydrogen-bond acceptors (Lipinski definition) is 2. The zero-order chi connectivity index (χ0) is 5.28. The highest BCUT2D eigenvalue weighted by atomic mass is 79.9. The van der Waals surface area contributed by atoms with Gasteiger partial charge in [0.25, 0.3) is 0 Å². The third kappa shape index (κ3) is 1.73. The van der Waals surface area contributed by atoms with Gasteiger partial charge >= 0.3 is 0 Å². The van der Waals surface area contributed by atoms with Crippen molar-refractivity contribution in [1.82, 2.24) is 0 Å². The maximum atomic E-state index is 8.87. The summed E-state index contributed by atoms with van der Waals surface area (Å²) in [7, 11) is 0. The maximum Gasteiger partial charge on any atom is 0.0691 e. The van der Waals surface area contributed by atoms with E-state index >= 15 is 0 Å². The van der Waals surface area contributed by atoms with Crippen molar-refractivity contribution >= 4 is 17.0 Å². The molecule has 0 aromatic carbocycles. The highest BCUT2D eigenvalue weighted by Crippen LogP contribution is 2.15. The molecule has 1 rings (SSSR count). The second-order valence-electron chi connectivity index (χ2n) is 2.16. The van der Waals surface area contributed by atoms with Gasteiger partial charge in [-0.3, -0.25) is 0 Å². The van der Waals surface area contributed by atoms with Crippen LogP contribution in [-0.4, -0.2) is 17.3 Å². The molecule has 0 aromatic heterocycles. The maximum absolute atomic E-state index is 8.87. The van der Waals surface area contributed by atoms with E-state index in [0.29, 0.717) is 0 Å². The van der Waals surface area contributed by atoms with Crippen LogP contribution in [0.15, 0.2) is 0 Å². The van der Waals surface area contributed by atoms with Gasteiger partial charge in [-0.25, -0.2) is 0 Å². The SMILES string of the molecule is Br.NC1CCCC1O. The highest BCUT2D eigenvalue weighted by molar-refractivity contribution is 8.93. The van der Waals surface area contributed by atoms with E-state index in [-0.39, 0.29) is 29.1 Å². The molecule has 0 heterocycles. The topological polar surface area (TPSA) is 46.2 Å². The van der Waals surface area contributed by atoms with Gasteiger partial charge in [-0.15, -0.1) is 17.0 Å². The van der Waals surface area contributed by atoms with Crippen LogP contribution < -0.4 is 5.73 Å². The Morgan fingerprint density at radius 2 is 2.00 bits per heavy atom. The molecule has 1 aliphatic carbocycles. The molecule has 8 heavy (non-hydrogen) atoms. The lowest BCUT2D eigenvalue weighted by atomic mass is 10.2. The summed E-state index contributed by atoms with van der Waals surface area (Å²) in [5.74, 6) is 0. The molecule has 2 nitrogen and oxygen atoms in total. The molecule has 0 aliphatic heterocycles. The number of aliphatic hydroxyl groups is 1. The normalized spacial score (nSPS) is 36.8. The van der Waals surface area contributed by atoms with Crippen LogP contribution in [0.25, 0.3) is 0 Å². The van der Waals surface area contributed by atoms with Crippen molar-refractivity contribution in [2.45, 2.75) is 31.4 Å². The molecule has 1 fully saturated rings. The van der Waals surface area contributed by atoms with Gasteiger partial charge < -0.3 is 10.8 Å². The van der Waals surface area contributed by atoms with E-state index < -0.39 is 0 Å². The molecule has 0 saturated heterocycles. The number of nitrogens with two attached hydrogens (primary N) is 1. The molecule has 50 valence electrons. The second kappa shape index (κ2) is 3.43. The number of aliphatic hydroxyl groups excluding tert-OH is 1. The molecule has 0 spiro atoms. The van der Waals surface area contributed by atoms with E-state index in [1.54, 1.807) is 0 Å². The van der Waals surface area contributed by atoms with Crippen molar-refractivity contribution in [2.75, 3.05) is 0 Å². The Bertz CT molecular complexity index is 61.4. The third-order valence-corrected chi connectivity index (χ3v) is 1.53. The van der Waals surface area contributed by atoms with Crippen LogP contribution in [-0.2, 0) is 0 Å². The van der Waals surface area contributed by atoms with Crippen molar-refractivity contribution in [3.63, 3.8) is 0 Å². The first-order chi connectivity index (χ1) is 3.30. The Kier molecular flexibility index (Phi) is 3.60. The smallest absolute Gasteiger partial charge is 0.0691 e. The molecule has 0 bridgehead atoms. The minimum absolute atomic E-state index is 0. The first kappa shape index (κ1) is 8.40. The van der Waals surface area contributed by atoms with Crippen LogP contribution in [0.3, 0.4) is 0 Å². The fraction of sp³-hybridized carbons (Fsp3) is 1.00. The first-order valence-electron chi connectivity index (χ1n) is 2.74. The Labute approximate surface area is 59.8 Å². The zero-order valence-electron chi connectivity index (χ0n) is 4.71. The van der Waals surface area contributed by atoms with Gasteiger partial charge in [0.2, 0.25) is 0 Å². The second-order valence-corrected chi connectivity index (χ2v) is 2.16. The Morgan fingerprint density at radius 1 is 1.38 bits per heavy atom. The van der Waals surface area contributed by atoms with Gasteiger partial charge in [0.05, 0.1) is 6.10 Å². The summed E-state index contributed by atoms with van der Waals surface area (Å²) >= 11 is 0. The lowest BCUT2D eigenvalue weighted by Gasteiger charge is -2.04. The van der Waals surface area contributed by atoms with Crippen LogP contribution in [0.4, 0.5) is 0 Å². The van der Waals surface area contributed by atoms with E-state index in [1.807, 2.05) is 0 Å². The zero-order valence-corrected chi connectivity index (χ0v) is 6.42. The summed E-state index contributed by atoms with van der Waals surface area (Å²) in [4.78, 5) is 0. The summed E-state index contributed by atoms with van der Waals surface area (Å²) in [5, 5.41) is 8.87. The fourth-order valence-corrected chi connectivity index (χ4v) is 0.969. The summed E-state index contributed by atoms with van der Waals surface area (Å²) < 4.78 is 0. The monoisotopic (exact) mass is 181 g/mol. The molecule has 1 saturated carbocycles. The minimum Gasteiger partial charge on any atom is -0.392 e. The van der Waals surface area contributed by atoms with Crippen LogP contribution >= 0.6 is 17.0 Å². The lowest BCUT2D eigenvalue weighted by Crippen LogP contribution is -2.28. The predicted octanol–water partition coefficient (Wildman–Crippen LogP) is 0.436. The lowest BCUT2D eigenvalue weighted by molar-refractivity contribution is 0.165. The van der Waals surface area contributed by atoms with Gasteiger partial charge in [0.15, 0.2) is 0 Å². The van der Waals surface area contributed by atoms with Crippen LogP contribution in [0.2, 0.25) is 0 Å². The number of hydrogen-bond donors (Lipinski definition) is 2. The third-order valence-electron chi connectivity index (χ3n) is 1.53. The number of rotatable bonds is 0. The average Bonchev–Trinajstić information content (AvgIpc) is 1.91. The largest absolute Gasteiger partial charge is 0.392 e.